The van der Waals surface area contributed by atoms with Crippen LogP contribution in [0, 0.1) is 6.92 Å². The summed E-state index contributed by atoms with van der Waals surface area (Å²) in [6.45, 7) is 1.50. The topological polar surface area (TPSA) is 106 Å². The molecule has 0 aliphatic carbocycles. The number of carbonyl (C=O) groups excluding carboxylic acids is 1. The summed E-state index contributed by atoms with van der Waals surface area (Å²) in [5.41, 5.74) is 2.51. The van der Waals surface area contributed by atoms with Crippen molar-refractivity contribution in [1.82, 2.24) is 4.98 Å². The van der Waals surface area contributed by atoms with E-state index in [4.69, 9.17) is 25.5 Å². The molecule has 1 amide bonds. The average molecular weight is 480 g/mol. The third-order valence-electron chi connectivity index (χ3n) is 5.20. The lowest BCUT2D eigenvalue weighted by atomic mass is 10.1. The number of nitrogens with one attached hydrogen (secondary N) is 1. The Morgan fingerprint density at radius 1 is 1.18 bits per heavy atom. The third-order valence-corrected chi connectivity index (χ3v) is 5.53. The van der Waals surface area contributed by atoms with E-state index in [0.717, 1.165) is 0 Å². The van der Waals surface area contributed by atoms with Crippen LogP contribution in [0.1, 0.15) is 21.6 Å². The molecule has 174 valence electrons. The molecule has 9 heteroatoms. The summed E-state index contributed by atoms with van der Waals surface area (Å²) in [7, 11) is 3.06. The van der Waals surface area contributed by atoms with Crippen molar-refractivity contribution in [3.63, 3.8) is 0 Å². The maximum Gasteiger partial charge on any atom is 0.261 e. The first kappa shape index (κ1) is 23.3. The number of hydrogen-bond donors (Lipinski definition) is 2. The highest BCUT2D eigenvalue weighted by Crippen LogP contribution is 2.31. The van der Waals surface area contributed by atoms with E-state index in [2.05, 4.69) is 15.3 Å². The summed E-state index contributed by atoms with van der Waals surface area (Å²) < 4.78 is 16.8. The lowest BCUT2D eigenvalue weighted by Gasteiger charge is -2.11. The molecule has 2 aromatic heterocycles. The van der Waals surface area contributed by atoms with Crippen LogP contribution in [0.3, 0.4) is 0 Å². The first-order valence-electron chi connectivity index (χ1n) is 10.3. The highest BCUT2D eigenvalue weighted by atomic mass is 35.5. The zero-order chi connectivity index (χ0) is 24.2. The van der Waals surface area contributed by atoms with E-state index in [1.54, 1.807) is 68.8 Å². The Morgan fingerprint density at radius 3 is 2.68 bits per heavy atom. The van der Waals surface area contributed by atoms with E-state index < -0.39 is 5.91 Å². The molecule has 0 unspecified atom stereocenters. The molecule has 2 aromatic carbocycles. The third kappa shape index (κ3) is 4.59. The number of amides is 1. The van der Waals surface area contributed by atoms with Gasteiger partial charge >= 0.3 is 0 Å². The van der Waals surface area contributed by atoms with Crippen LogP contribution in [-0.4, -0.2) is 30.2 Å². The predicted molar refractivity (Wildman–Crippen MR) is 129 cm³/mol. The van der Waals surface area contributed by atoms with Crippen LogP contribution in [0.15, 0.2) is 64.1 Å². The van der Waals surface area contributed by atoms with E-state index in [9.17, 15) is 9.90 Å². The van der Waals surface area contributed by atoms with E-state index in [1.807, 2.05) is 0 Å². The number of para-hydroxylation sites is 1. The Kier molecular flexibility index (Phi) is 6.81. The minimum Gasteiger partial charge on any atom is -0.497 e. The van der Waals surface area contributed by atoms with Gasteiger partial charge in [0.1, 0.15) is 22.7 Å². The molecule has 2 heterocycles. The van der Waals surface area contributed by atoms with Crippen LogP contribution in [-0.2, 0) is 6.61 Å². The van der Waals surface area contributed by atoms with E-state index in [-0.39, 0.29) is 17.7 Å². The highest BCUT2D eigenvalue weighted by Gasteiger charge is 2.18. The van der Waals surface area contributed by atoms with Gasteiger partial charge < -0.3 is 24.3 Å². The van der Waals surface area contributed by atoms with Gasteiger partial charge in [0.2, 0.25) is 5.55 Å². The van der Waals surface area contributed by atoms with Crippen LogP contribution in [0.2, 0.25) is 5.02 Å². The zero-order valence-corrected chi connectivity index (χ0v) is 19.5. The molecule has 0 saturated heterocycles. The number of hydrogen-bond acceptors (Lipinski definition) is 7. The number of benzene rings is 2. The number of aryl methyl sites for hydroxylation is 1. The van der Waals surface area contributed by atoms with Crippen LogP contribution in [0.4, 0.5) is 11.4 Å². The first-order valence-corrected chi connectivity index (χ1v) is 10.7. The normalized spacial score (nSPS) is 11.5. The molecule has 4 rings (SSSR count). The Bertz CT molecular complexity index is 1450. The fourth-order valence-electron chi connectivity index (χ4n) is 3.41. The second-order valence-electron chi connectivity index (χ2n) is 7.32. The maximum absolute atomic E-state index is 13.4. The molecule has 0 aliphatic rings. The molecule has 0 radical (unpaired) electrons. The van der Waals surface area contributed by atoms with Gasteiger partial charge in [0.05, 0.1) is 37.2 Å². The molecular weight excluding hydrogens is 458 g/mol. The number of aliphatic hydroxyl groups excluding tert-OH is 1. The van der Waals surface area contributed by atoms with Crippen molar-refractivity contribution in [3.05, 3.63) is 82.1 Å². The van der Waals surface area contributed by atoms with E-state index in [1.165, 1.54) is 7.11 Å². The predicted octanol–water partition coefficient (Wildman–Crippen LogP) is 4.78. The summed E-state index contributed by atoms with van der Waals surface area (Å²) in [5.74, 6) is 0.535. The van der Waals surface area contributed by atoms with Crippen molar-refractivity contribution in [2.75, 3.05) is 19.5 Å². The Balaban J connectivity index is 1.98. The molecular formula is C25H22ClN3O5. The van der Waals surface area contributed by atoms with Crippen molar-refractivity contribution in [2.24, 2.45) is 4.99 Å². The fourth-order valence-corrected chi connectivity index (χ4v) is 3.59. The number of pyridine rings is 1. The van der Waals surface area contributed by atoms with Gasteiger partial charge in [-0.1, -0.05) is 23.7 Å². The number of aliphatic hydroxyl groups is 1. The van der Waals surface area contributed by atoms with Crippen molar-refractivity contribution < 1.29 is 23.8 Å². The minimum absolute atomic E-state index is 0.0311. The number of anilines is 1. The van der Waals surface area contributed by atoms with Gasteiger partial charge in [0, 0.05) is 23.2 Å². The summed E-state index contributed by atoms with van der Waals surface area (Å²) in [5, 5.41) is 13.5. The summed E-state index contributed by atoms with van der Waals surface area (Å²) in [6.07, 6.45) is 1.55. The fraction of sp³-hybridized carbons (Fsp3) is 0.160. The summed E-state index contributed by atoms with van der Waals surface area (Å²) in [6, 6.07) is 13.6. The average Bonchev–Trinajstić information content (AvgIpc) is 2.85. The number of halogens is 1. The standard InChI is InChI=1S/C25H22ClN3O5/c1-14-23-17(15(13-30)12-27-14)11-18(24(31)28-20-7-5-4-6-19(20)26)25(34-23)29-21-10-16(32-2)8-9-22(21)33-3/h4-12,30H,13H2,1-3H3,(H,28,31). The molecule has 0 spiro atoms. The second-order valence-corrected chi connectivity index (χ2v) is 7.73. The van der Waals surface area contributed by atoms with Crippen LogP contribution < -0.4 is 20.3 Å². The van der Waals surface area contributed by atoms with Crippen LogP contribution in [0.5, 0.6) is 11.5 Å². The molecule has 0 fully saturated rings. The molecule has 8 nitrogen and oxygen atoms in total. The largest absolute Gasteiger partial charge is 0.497 e. The van der Waals surface area contributed by atoms with Gasteiger partial charge in [-0.3, -0.25) is 9.78 Å². The molecule has 0 bridgehead atoms. The molecule has 0 atom stereocenters. The summed E-state index contributed by atoms with van der Waals surface area (Å²) >= 11 is 6.23. The van der Waals surface area contributed by atoms with Crippen molar-refractivity contribution >= 4 is 39.9 Å². The van der Waals surface area contributed by atoms with Crippen molar-refractivity contribution in [1.29, 1.82) is 0 Å². The van der Waals surface area contributed by atoms with Gasteiger partial charge in [-0.15, -0.1) is 0 Å². The van der Waals surface area contributed by atoms with Gasteiger partial charge in [0.15, 0.2) is 5.58 Å². The number of ether oxygens (including phenoxy) is 2. The smallest absolute Gasteiger partial charge is 0.261 e. The summed E-state index contributed by atoms with van der Waals surface area (Å²) in [4.78, 5) is 22.2. The SMILES string of the molecule is COc1ccc(OC)c(N=c2oc3c(C)ncc(CO)c3cc2C(=O)Nc2ccccc2Cl)c1. The van der Waals surface area contributed by atoms with Gasteiger partial charge in [-0.05, 0) is 37.3 Å². The Morgan fingerprint density at radius 2 is 1.97 bits per heavy atom. The van der Waals surface area contributed by atoms with E-state index >= 15 is 0 Å². The maximum atomic E-state index is 13.4. The lowest BCUT2D eigenvalue weighted by Crippen LogP contribution is -2.22. The zero-order valence-electron chi connectivity index (χ0n) is 18.8. The van der Waals surface area contributed by atoms with E-state index in [0.29, 0.717) is 50.1 Å². The Labute approximate surface area is 200 Å². The molecule has 0 saturated carbocycles. The monoisotopic (exact) mass is 479 g/mol. The number of methoxy groups -OCH3 is 2. The Hall–Kier alpha value is -3.88. The number of carbonyl (C=O) groups is 1. The number of fused-ring (bicyclic) bond motifs is 1. The van der Waals surface area contributed by atoms with Crippen LogP contribution >= 0.6 is 11.6 Å². The quantitative estimate of drug-likeness (QED) is 0.412. The van der Waals surface area contributed by atoms with Gasteiger partial charge in [-0.2, -0.15) is 0 Å². The number of rotatable bonds is 6. The highest BCUT2D eigenvalue weighted by molar-refractivity contribution is 6.33. The molecule has 34 heavy (non-hydrogen) atoms. The first-order chi connectivity index (χ1) is 16.4. The second kappa shape index (κ2) is 9.94. The number of aromatic nitrogens is 1. The molecule has 4 aromatic rings. The molecule has 0 aliphatic heterocycles. The number of nitrogens with zero attached hydrogens (tertiary/aromatic N) is 2. The van der Waals surface area contributed by atoms with Crippen LogP contribution in [0.25, 0.3) is 11.0 Å². The lowest BCUT2D eigenvalue weighted by molar-refractivity contribution is 0.102. The molecule has 2 N–H and O–H groups in total. The van der Waals surface area contributed by atoms with Gasteiger partial charge in [-0.25, -0.2) is 4.99 Å². The minimum atomic E-state index is -0.488. The van der Waals surface area contributed by atoms with Gasteiger partial charge in [0.25, 0.3) is 5.91 Å². The van der Waals surface area contributed by atoms with Crippen molar-refractivity contribution in [2.45, 2.75) is 13.5 Å². The van der Waals surface area contributed by atoms with Crippen molar-refractivity contribution in [3.8, 4) is 11.5 Å².